The first-order valence-electron chi connectivity index (χ1n) is 10.8. The van der Waals surface area contributed by atoms with E-state index in [1.165, 1.54) is 32.4 Å². The van der Waals surface area contributed by atoms with Gasteiger partial charge in [-0.3, -0.25) is 19.3 Å². The van der Waals surface area contributed by atoms with Gasteiger partial charge in [-0.15, -0.1) is 0 Å². The summed E-state index contributed by atoms with van der Waals surface area (Å²) in [5, 5.41) is 12.2. The number of benzene rings is 2. The molecule has 2 fully saturated rings. The number of amides is 3. The molecule has 184 valence electrons. The Kier molecular flexibility index (Phi) is 7.47. The van der Waals surface area contributed by atoms with Gasteiger partial charge < -0.3 is 29.5 Å². The van der Waals surface area contributed by atoms with Gasteiger partial charge in [-0.25, -0.2) is 0 Å². The molecule has 11 heteroatoms. The minimum atomic E-state index is -0.580. The molecule has 0 saturated carbocycles. The lowest BCUT2D eigenvalue weighted by Gasteiger charge is -2.28. The van der Waals surface area contributed by atoms with Gasteiger partial charge >= 0.3 is 0 Å². The van der Waals surface area contributed by atoms with E-state index in [1.54, 1.807) is 12.1 Å². The number of nitrogens with one attached hydrogen (secondary N) is 1. The van der Waals surface area contributed by atoms with Crippen molar-refractivity contribution in [2.24, 2.45) is 0 Å². The van der Waals surface area contributed by atoms with Crippen molar-refractivity contribution in [1.82, 2.24) is 4.90 Å². The van der Waals surface area contributed by atoms with Crippen LogP contribution in [0.2, 0.25) is 0 Å². The van der Waals surface area contributed by atoms with Crippen molar-refractivity contribution in [3.05, 3.63) is 46.9 Å². The lowest BCUT2D eigenvalue weighted by molar-refractivity contribution is -0.127. The average Bonchev–Trinajstić information content (AvgIpc) is 3.13. The maximum atomic E-state index is 12.8. The number of morpholine rings is 1. The molecule has 35 heavy (non-hydrogen) atoms. The minimum Gasteiger partial charge on any atom is -0.502 e. The summed E-state index contributed by atoms with van der Waals surface area (Å²) in [6, 6.07) is 10.4. The molecule has 2 aromatic rings. The van der Waals surface area contributed by atoms with Gasteiger partial charge in [-0.2, -0.15) is 0 Å². The summed E-state index contributed by atoms with van der Waals surface area (Å²) >= 11 is 0.732. The molecule has 2 saturated heterocycles. The van der Waals surface area contributed by atoms with Crippen molar-refractivity contribution in [3.8, 4) is 17.2 Å². The second kappa shape index (κ2) is 10.7. The van der Waals surface area contributed by atoms with E-state index in [1.807, 2.05) is 12.1 Å². The molecular weight excluding hydrogens is 474 g/mol. The number of hydrogen-bond donors (Lipinski definition) is 2. The highest BCUT2D eigenvalue weighted by molar-refractivity contribution is 8.18. The Morgan fingerprint density at radius 1 is 1.11 bits per heavy atom. The smallest absolute Gasteiger partial charge is 0.294 e. The van der Waals surface area contributed by atoms with E-state index in [-0.39, 0.29) is 22.2 Å². The van der Waals surface area contributed by atoms with E-state index in [0.717, 1.165) is 35.4 Å². The fourth-order valence-corrected chi connectivity index (χ4v) is 4.54. The molecule has 0 unspecified atom stereocenters. The maximum absolute atomic E-state index is 12.8. The highest BCUT2D eigenvalue weighted by Crippen LogP contribution is 2.39. The molecule has 0 aliphatic carbocycles. The third-order valence-corrected chi connectivity index (χ3v) is 6.41. The predicted octanol–water partition coefficient (Wildman–Crippen LogP) is 2.92. The van der Waals surface area contributed by atoms with Gasteiger partial charge in [0, 0.05) is 24.5 Å². The van der Waals surface area contributed by atoms with Crippen molar-refractivity contribution in [2.45, 2.75) is 0 Å². The van der Waals surface area contributed by atoms with Gasteiger partial charge in [0.2, 0.25) is 11.7 Å². The van der Waals surface area contributed by atoms with E-state index in [0.29, 0.717) is 24.5 Å². The van der Waals surface area contributed by atoms with Crippen LogP contribution < -0.4 is 19.7 Å². The number of nitrogens with zero attached hydrogens (tertiary/aromatic N) is 2. The molecule has 4 rings (SSSR count). The van der Waals surface area contributed by atoms with Gasteiger partial charge in [0.05, 0.1) is 32.3 Å². The van der Waals surface area contributed by atoms with E-state index in [2.05, 4.69) is 10.2 Å². The van der Waals surface area contributed by atoms with Gasteiger partial charge in [-0.1, -0.05) is 0 Å². The number of rotatable bonds is 7. The Labute approximate surface area is 206 Å². The first-order chi connectivity index (χ1) is 16.9. The van der Waals surface area contributed by atoms with Gasteiger partial charge in [0.25, 0.3) is 11.1 Å². The Morgan fingerprint density at radius 3 is 2.34 bits per heavy atom. The summed E-state index contributed by atoms with van der Waals surface area (Å²) in [5.74, 6) is -0.915. The number of anilines is 2. The second-order valence-electron chi connectivity index (χ2n) is 7.74. The lowest BCUT2D eigenvalue weighted by atomic mass is 10.1. The number of ether oxygens (including phenoxy) is 3. The van der Waals surface area contributed by atoms with Crippen LogP contribution in [-0.4, -0.2) is 74.1 Å². The largest absolute Gasteiger partial charge is 0.502 e. The number of hydrogen-bond acceptors (Lipinski definition) is 9. The minimum absolute atomic E-state index is 0.146. The zero-order chi connectivity index (χ0) is 24.9. The van der Waals surface area contributed by atoms with E-state index in [9.17, 15) is 19.5 Å². The molecule has 2 heterocycles. The molecule has 0 atom stereocenters. The molecule has 2 aliphatic rings. The zero-order valence-electron chi connectivity index (χ0n) is 19.3. The normalized spacial score (nSPS) is 17.1. The number of phenols is 1. The summed E-state index contributed by atoms with van der Waals surface area (Å²) < 4.78 is 15.6. The summed E-state index contributed by atoms with van der Waals surface area (Å²) in [7, 11) is 2.78. The number of aromatic hydroxyl groups is 1. The van der Waals surface area contributed by atoms with Gasteiger partial charge in [-0.05, 0) is 59.8 Å². The molecule has 0 bridgehead atoms. The zero-order valence-corrected chi connectivity index (χ0v) is 20.1. The molecule has 2 aliphatic heterocycles. The van der Waals surface area contributed by atoms with Crippen molar-refractivity contribution >= 4 is 46.3 Å². The molecule has 0 radical (unpaired) electrons. The van der Waals surface area contributed by atoms with Crippen LogP contribution in [0.3, 0.4) is 0 Å². The van der Waals surface area contributed by atoms with Crippen molar-refractivity contribution < 1.29 is 33.7 Å². The van der Waals surface area contributed by atoms with E-state index in [4.69, 9.17) is 14.2 Å². The van der Waals surface area contributed by atoms with Crippen LogP contribution in [0.4, 0.5) is 16.2 Å². The molecule has 0 spiro atoms. The fraction of sp³-hybridized carbons (Fsp3) is 0.292. The first-order valence-corrected chi connectivity index (χ1v) is 11.6. The van der Waals surface area contributed by atoms with Crippen LogP contribution in [-0.2, 0) is 14.3 Å². The fourth-order valence-electron chi connectivity index (χ4n) is 3.71. The summed E-state index contributed by atoms with van der Waals surface area (Å²) in [6.07, 6.45) is 1.48. The van der Waals surface area contributed by atoms with Crippen LogP contribution in [0.25, 0.3) is 6.08 Å². The Morgan fingerprint density at radius 2 is 1.74 bits per heavy atom. The average molecular weight is 500 g/mol. The maximum Gasteiger partial charge on any atom is 0.294 e. The molecule has 2 aromatic carbocycles. The van der Waals surface area contributed by atoms with Crippen LogP contribution in [0, 0.1) is 0 Å². The van der Waals surface area contributed by atoms with Crippen molar-refractivity contribution in [1.29, 1.82) is 0 Å². The van der Waals surface area contributed by atoms with Crippen LogP contribution in [0.1, 0.15) is 5.56 Å². The topological polar surface area (TPSA) is 118 Å². The van der Waals surface area contributed by atoms with Crippen molar-refractivity contribution in [2.75, 3.05) is 57.3 Å². The number of methoxy groups -OCH3 is 2. The molecule has 2 N–H and O–H groups in total. The SMILES string of the molecule is COc1cc(/C=C2/SC(=O)N(CC(=O)Nc3ccc(N4CCOCC4)cc3)C2=O)cc(OC)c1O. The first kappa shape index (κ1) is 24.4. The van der Waals surface area contributed by atoms with Crippen LogP contribution in [0.15, 0.2) is 41.3 Å². The third kappa shape index (κ3) is 5.52. The highest BCUT2D eigenvalue weighted by atomic mass is 32.2. The monoisotopic (exact) mass is 499 g/mol. The molecular formula is C24H25N3O7S. The Bertz CT molecular complexity index is 1140. The van der Waals surface area contributed by atoms with Crippen molar-refractivity contribution in [3.63, 3.8) is 0 Å². The summed E-state index contributed by atoms with van der Waals surface area (Å²) in [4.78, 5) is 41.0. The highest BCUT2D eigenvalue weighted by Gasteiger charge is 2.36. The van der Waals surface area contributed by atoms with Crippen LogP contribution >= 0.6 is 11.8 Å². The lowest BCUT2D eigenvalue weighted by Crippen LogP contribution is -2.36. The Hall–Kier alpha value is -3.70. The van der Waals surface area contributed by atoms with E-state index < -0.39 is 23.6 Å². The summed E-state index contributed by atoms with van der Waals surface area (Å²) in [6.45, 7) is 2.57. The van der Waals surface area contributed by atoms with Crippen LogP contribution in [0.5, 0.6) is 17.2 Å². The Balaban J connectivity index is 1.41. The van der Waals surface area contributed by atoms with Gasteiger partial charge in [0.15, 0.2) is 11.5 Å². The standard InChI is InChI=1S/C24H25N3O7S/c1-32-18-11-15(12-19(33-2)22(18)29)13-20-23(30)27(24(31)35-20)14-21(28)25-16-3-5-17(6-4-16)26-7-9-34-10-8-26/h3-6,11-13,29H,7-10,14H2,1-2H3,(H,25,28)/b20-13+. The van der Waals surface area contributed by atoms with E-state index >= 15 is 0 Å². The molecule has 0 aromatic heterocycles. The number of phenolic OH excluding ortho intramolecular Hbond substituents is 1. The summed E-state index contributed by atoms with van der Waals surface area (Å²) in [5.41, 5.74) is 2.09. The number of carbonyl (C=O) groups is 3. The van der Waals surface area contributed by atoms with Gasteiger partial charge in [0.1, 0.15) is 6.54 Å². The predicted molar refractivity (Wildman–Crippen MR) is 132 cm³/mol. The second-order valence-corrected chi connectivity index (χ2v) is 8.73. The number of imide groups is 1. The molecule has 3 amide bonds. The molecule has 10 nitrogen and oxygen atoms in total. The number of thioether (sulfide) groups is 1. The quantitative estimate of drug-likeness (QED) is 0.555. The number of carbonyl (C=O) groups excluding carboxylic acids is 3. The third-order valence-electron chi connectivity index (χ3n) is 5.50.